The van der Waals surface area contributed by atoms with E-state index in [1.165, 1.54) is 34.8 Å². The van der Waals surface area contributed by atoms with Crippen LogP contribution in [0.25, 0.3) is 0 Å². The number of carboxylic acids is 1. The Kier molecular flexibility index (Phi) is 3.90. The average molecular weight is 307 g/mol. The zero-order valence-electron chi connectivity index (χ0n) is 11.7. The minimum absolute atomic E-state index is 0.000293. The Morgan fingerprint density at radius 1 is 1.43 bits per heavy atom. The van der Waals surface area contributed by atoms with E-state index in [9.17, 15) is 19.5 Å². The third kappa shape index (κ3) is 2.70. The summed E-state index contributed by atoms with van der Waals surface area (Å²) in [6.07, 6.45) is 1.49. The number of amides is 1. The van der Waals surface area contributed by atoms with Crippen LogP contribution < -0.4 is 10.5 Å². The number of hydrogen-bond acceptors (Lipinski definition) is 5. The number of hydrogen-bond donors (Lipinski definition) is 1. The standard InChI is InChI=1S/C13H13N3O4S/c1-7-10(13(19)20)12(21-14-7)16(3)11(18)8-4-5-15(2)9(17)6-8/h4-6H,1-3H3,(H,19,20). The summed E-state index contributed by atoms with van der Waals surface area (Å²) in [4.78, 5) is 36.4. The topological polar surface area (TPSA) is 92.5 Å². The quantitative estimate of drug-likeness (QED) is 0.917. The van der Waals surface area contributed by atoms with E-state index in [4.69, 9.17) is 0 Å². The molecule has 7 nitrogen and oxygen atoms in total. The molecule has 1 amide bonds. The number of carbonyl (C=O) groups excluding carboxylic acids is 1. The zero-order chi connectivity index (χ0) is 15.7. The second-order valence-electron chi connectivity index (χ2n) is 4.48. The van der Waals surface area contributed by atoms with Crippen LogP contribution in [-0.4, -0.2) is 33.0 Å². The lowest BCUT2D eigenvalue weighted by Crippen LogP contribution is -2.28. The predicted molar refractivity (Wildman–Crippen MR) is 78.2 cm³/mol. The highest BCUT2D eigenvalue weighted by molar-refractivity contribution is 7.11. The largest absolute Gasteiger partial charge is 0.478 e. The highest BCUT2D eigenvalue weighted by Gasteiger charge is 2.24. The second kappa shape index (κ2) is 5.49. The number of carboxylic acid groups (broad SMARTS) is 1. The Bertz CT molecular complexity index is 778. The number of aryl methyl sites for hydroxylation is 2. The lowest BCUT2D eigenvalue weighted by atomic mass is 10.2. The molecular weight excluding hydrogens is 294 g/mol. The summed E-state index contributed by atoms with van der Waals surface area (Å²) in [5.74, 6) is -1.60. The molecule has 110 valence electrons. The summed E-state index contributed by atoms with van der Waals surface area (Å²) in [7, 11) is 3.04. The van der Waals surface area contributed by atoms with Crippen LogP contribution in [0.3, 0.4) is 0 Å². The maximum atomic E-state index is 12.4. The van der Waals surface area contributed by atoms with E-state index in [2.05, 4.69) is 4.37 Å². The summed E-state index contributed by atoms with van der Waals surface area (Å²) in [5.41, 5.74) is 0.238. The van der Waals surface area contributed by atoms with Crippen LogP contribution in [0.4, 0.5) is 5.00 Å². The van der Waals surface area contributed by atoms with E-state index >= 15 is 0 Å². The highest BCUT2D eigenvalue weighted by Crippen LogP contribution is 2.28. The maximum Gasteiger partial charge on any atom is 0.340 e. The van der Waals surface area contributed by atoms with Gasteiger partial charge in [-0.1, -0.05) is 0 Å². The lowest BCUT2D eigenvalue weighted by Gasteiger charge is -2.15. The Labute approximate surface area is 124 Å². The average Bonchev–Trinajstić information content (AvgIpc) is 2.82. The van der Waals surface area contributed by atoms with Crippen LogP contribution in [0, 0.1) is 6.92 Å². The normalized spacial score (nSPS) is 10.4. The van der Waals surface area contributed by atoms with Gasteiger partial charge in [0.1, 0.15) is 10.6 Å². The van der Waals surface area contributed by atoms with Gasteiger partial charge in [0, 0.05) is 31.9 Å². The number of rotatable bonds is 3. The number of anilines is 1. The van der Waals surface area contributed by atoms with Gasteiger partial charge in [-0.05, 0) is 24.5 Å². The number of pyridine rings is 1. The van der Waals surface area contributed by atoms with Crippen molar-refractivity contribution in [3.63, 3.8) is 0 Å². The molecular formula is C13H13N3O4S. The minimum Gasteiger partial charge on any atom is -0.478 e. The van der Waals surface area contributed by atoms with E-state index in [0.717, 1.165) is 11.5 Å². The van der Waals surface area contributed by atoms with Gasteiger partial charge in [0.05, 0.1) is 5.69 Å². The molecule has 21 heavy (non-hydrogen) atoms. The van der Waals surface area contributed by atoms with E-state index < -0.39 is 11.9 Å². The molecule has 0 atom stereocenters. The van der Waals surface area contributed by atoms with Gasteiger partial charge in [-0.25, -0.2) is 4.79 Å². The highest BCUT2D eigenvalue weighted by atomic mass is 32.1. The predicted octanol–water partition coefficient (Wildman–Crippen LogP) is 1.13. The van der Waals surface area contributed by atoms with Crippen LogP contribution in [0.5, 0.6) is 0 Å². The molecule has 0 spiro atoms. The summed E-state index contributed by atoms with van der Waals surface area (Å²) < 4.78 is 5.31. The Hall–Kier alpha value is -2.48. The van der Waals surface area contributed by atoms with Gasteiger partial charge in [0.2, 0.25) is 0 Å². The molecule has 0 radical (unpaired) electrons. The van der Waals surface area contributed by atoms with Gasteiger partial charge >= 0.3 is 5.97 Å². The van der Waals surface area contributed by atoms with Crippen molar-refractivity contribution in [3.8, 4) is 0 Å². The van der Waals surface area contributed by atoms with Gasteiger partial charge in [-0.2, -0.15) is 4.37 Å². The van der Waals surface area contributed by atoms with Crippen molar-refractivity contribution in [1.29, 1.82) is 0 Å². The SMILES string of the molecule is Cc1nsc(N(C)C(=O)c2ccn(C)c(=O)c2)c1C(=O)O. The summed E-state index contributed by atoms with van der Waals surface area (Å²) in [6, 6.07) is 2.72. The fourth-order valence-electron chi connectivity index (χ4n) is 1.80. The van der Waals surface area contributed by atoms with Crippen LogP contribution in [0.1, 0.15) is 26.4 Å². The van der Waals surface area contributed by atoms with Crippen LogP contribution >= 0.6 is 11.5 Å². The first-order valence-corrected chi connectivity index (χ1v) is 6.74. The summed E-state index contributed by atoms with van der Waals surface area (Å²) >= 11 is 0.934. The molecule has 0 saturated carbocycles. The van der Waals surface area contributed by atoms with Crippen molar-refractivity contribution in [2.24, 2.45) is 7.05 Å². The number of nitrogens with zero attached hydrogens (tertiary/aromatic N) is 3. The fourth-order valence-corrected chi connectivity index (χ4v) is 2.65. The summed E-state index contributed by atoms with van der Waals surface area (Å²) in [6.45, 7) is 1.57. The molecule has 0 aromatic carbocycles. The molecule has 8 heteroatoms. The minimum atomic E-state index is -1.14. The monoisotopic (exact) mass is 307 g/mol. The van der Waals surface area contributed by atoms with E-state index in [0.29, 0.717) is 5.69 Å². The third-order valence-corrected chi connectivity index (χ3v) is 4.04. The van der Waals surface area contributed by atoms with Gasteiger partial charge in [-0.3, -0.25) is 9.59 Å². The molecule has 2 aromatic rings. The van der Waals surface area contributed by atoms with Crippen molar-refractivity contribution in [2.45, 2.75) is 6.92 Å². The molecule has 0 saturated heterocycles. The van der Waals surface area contributed by atoms with Crippen molar-refractivity contribution < 1.29 is 14.7 Å². The first kappa shape index (κ1) is 14.9. The number of carbonyl (C=O) groups is 2. The Balaban J connectivity index is 2.42. The van der Waals surface area contributed by atoms with Crippen LogP contribution in [-0.2, 0) is 7.05 Å². The summed E-state index contributed by atoms with van der Waals surface area (Å²) in [5, 5.41) is 9.43. The maximum absolute atomic E-state index is 12.4. The first-order valence-electron chi connectivity index (χ1n) is 5.97. The van der Waals surface area contributed by atoms with Gasteiger partial charge in [-0.15, -0.1) is 0 Å². The van der Waals surface area contributed by atoms with Gasteiger partial charge in [0.15, 0.2) is 0 Å². The van der Waals surface area contributed by atoms with Gasteiger partial charge in [0.25, 0.3) is 11.5 Å². The first-order chi connectivity index (χ1) is 9.82. The van der Waals surface area contributed by atoms with Gasteiger partial charge < -0.3 is 14.6 Å². The van der Waals surface area contributed by atoms with E-state index in [1.807, 2.05) is 0 Å². The lowest BCUT2D eigenvalue weighted by molar-refractivity contribution is 0.0697. The van der Waals surface area contributed by atoms with Crippen molar-refractivity contribution in [3.05, 3.63) is 45.5 Å². The molecule has 2 aromatic heterocycles. The van der Waals surface area contributed by atoms with Crippen molar-refractivity contribution in [2.75, 3.05) is 11.9 Å². The molecule has 0 aliphatic carbocycles. The molecule has 2 rings (SSSR count). The smallest absolute Gasteiger partial charge is 0.340 e. The number of aromatic nitrogens is 2. The Morgan fingerprint density at radius 2 is 2.10 bits per heavy atom. The number of aromatic carboxylic acids is 1. The Morgan fingerprint density at radius 3 is 2.67 bits per heavy atom. The van der Waals surface area contributed by atoms with E-state index in [-0.39, 0.29) is 21.7 Å². The van der Waals surface area contributed by atoms with Crippen molar-refractivity contribution >= 4 is 28.4 Å². The molecule has 0 fully saturated rings. The van der Waals surface area contributed by atoms with Crippen LogP contribution in [0.2, 0.25) is 0 Å². The van der Waals surface area contributed by atoms with Crippen LogP contribution in [0.15, 0.2) is 23.1 Å². The fraction of sp³-hybridized carbons (Fsp3) is 0.231. The second-order valence-corrected chi connectivity index (χ2v) is 5.23. The van der Waals surface area contributed by atoms with Crippen molar-refractivity contribution in [1.82, 2.24) is 8.94 Å². The molecule has 0 bridgehead atoms. The molecule has 0 aliphatic heterocycles. The zero-order valence-corrected chi connectivity index (χ0v) is 12.5. The third-order valence-electron chi connectivity index (χ3n) is 3.02. The molecule has 0 unspecified atom stereocenters. The molecule has 2 heterocycles. The molecule has 0 aliphatic rings. The molecule has 1 N–H and O–H groups in total. The van der Waals surface area contributed by atoms with E-state index in [1.54, 1.807) is 14.0 Å².